The molecule has 3 aliphatic rings. The summed E-state index contributed by atoms with van der Waals surface area (Å²) in [6.07, 6.45) is 3.71. The number of halogens is 1. The molecule has 3 aliphatic heterocycles. The summed E-state index contributed by atoms with van der Waals surface area (Å²) < 4.78 is 6.39. The number of hydrogen-bond donors (Lipinski definition) is 0. The number of ether oxygens (including phenoxy) is 1. The summed E-state index contributed by atoms with van der Waals surface area (Å²) in [5, 5.41) is 2.58. The third-order valence-electron chi connectivity index (χ3n) is 5.28. The van der Waals surface area contributed by atoms with Gasteiger partial charge in [0.2, 0.25) is 0 Å². The van der Waals surface area contributed by atoms with Gasteiger partial charge in [0.1, 0.15) is 11.5 Å². The molecule has 3 heterocycles. The SMILES string of the molecule is CN1C(N2CCCCC2)=C2N=c3cc(Cl)ccc3=C2Oc2ccccc21. The van der Waals surface area contributed by atoms with Gasteiger partial charge >= 0.3 is 0 Å². The van der Waals surface area contributed by atoms with Crippen LogP contribution in [0.5, 0.6) is 5.75 Å². The fourth-order valence-electron chi connectivity index (χ4n) is 4.01. The predicted molar refractivity (Wildman–Crippen MR) is 104 cm³/mol. The van der Waals surface area contributed by atoms with Gasteiger partial charge in [0.15, 0.2) is 11.5 Å². The summed E-state index contributed by atoms with van der Waals surface area (Å²) in [6.45, 7) is 2.09. The lowest BCUT2D eigenvalue weighted by molar-refractivity contribution is 0.278. The molecule has 26 heavy (non-hydrogen) atoms. The lowest BCUT2D eigenvalue weighted by atomic mass is 10.1. The van der Waals surface area contributed by atoms with Gasteiger partial charge < -0.3 is 14.5 Å². The standard InChI is InChI=1S/C21H20ClN3O/c1-24-17-7-3-4-8-18(17)26-20-15-10-9-14(22)13-16(15)23-19(20)21(24)25-11-5-2-6-12-25/h3-4,7-10,13H,2,5-6,11-12H2,1H3. The van der Waals surface area contributed by atoms with E-state index in [1.165, 1.54) is 19.3 Å². The maximum atomic E-state index is 6.39. The molecule has 1 fully saturated rings. The molecule has 0 amide bonds. The average Bonchev–Trinajstić information content (AvgIpc) is 2.94. The highest BCUT2D eigenvalue weighted by atomic mass is 35.5. The number of anilines is 1. The van der Waals surface area contributed by atoms with Gasteiger partial charge in [-0.2, -0.15) is 0 Å². The minimum atomic E-state index is 0.693. The van der Waals surface area contributed by atoms with Crippen LogP contribution in [0.1, 0.15) is 19.3 Å². The molecule has 0 unspecified atom stereocenters. The number of fused-ring (bicyclic) bond motifs is 3. The minimum absolute atomic E-state index is 0.693. The van der Waals surface area contributed by atoms with E-state index in [1.807, 2.05) is 36.4 Å². The van der Waals surface area contributed by atoms with Crippen LogP contribution in [0, 0.1) is 0 Å². The predicted octanol–water partition coefficient (Wildman–Crippen LogP) is 3.27. The first-order valence-corrected chi connectivity index (χ1v) is 9.49. The number of para-hydroxylation sites is 2. The van der Waals surface area contributed by atoms with E-state index in [-0.39, 0.29) is 0 Å². The van der Waals surface area contributed by atoms with Crippen molar-refractivity contribution in [2.24, 2.45) is 4.99 Å². The van der Waals surface area contributed by atoms with Crippen LogP contribution in [0.2, 0.25) is 5.02 Å². The molecule has 0 spiro atoms. The maximum Gasteiger partial charge on any atom is 0.166 e. The van der Waals surface area contributed by atoms with E-state index in [1.54, 1.807) is 0 Å². The molecular weight excluding hydrogens is 346 g/mol. The molecule has 0 aliphatic carbocycles. The number of benzene rings is 2. The molecule has 2 aromatic rings. The van der Waals surface area contributed by atoms with Crippen LogP contribution >= 0.6 is 11.6 Å². The van der Waals surface area contributed by atoms with Crippen LogP contribution in [0.4, 0.5) is 5.69 Å². The van der Waals surface area contributed by atoms with Crippen LogP contribution in [-0.2, 0) is 0 Å². The van der Waals surface area contributed by atoms with Gasteiger partial charge in [-0.1, -0.05) is 23.7 Å². The first-order valence-electron chi connectivity index (χ1n) is 9.11. The van der Waals surface area contributed by atoms with Crippen molar-refractivity contribution in [2.45, 2.75) is 19.3 Å². The van der Waals surface area contributed by atoms with Gasteiger partial charge in [-0.15, -0.1) is 0 Å². The van der Waals surface area contributed by atoms with Crippen LogP contribution in [0.3, 0.4) is 0 Å². The Balaban J connectivity index is 1.80. The molecule has 0 radical (unpaired) electrons. The second-order valence-corrected chi connectivity index (χ2v) is 7.39. The normalized spacial score (nSPS) is 18.6. The average molecular weight is 366 g/mol. The zero-order valence-corrected chi connectivity index (χ0v) is 15.5. The van der Waals surface area contributed by atoms with Crippen LogP contribution in [0.25, 0.3) is 5.76 Å². The van der Waals surface area contributed by atoms with Crippen molar-refractivity contribution >= 4 is 23.0 Å². The highest BCUT2D eigenvalue weighted by Crippen LogP contribution is 2.39. The molecule has 132 valence electrons. The number of likely N-dealkylation sites (tertiary alicyclic amines) is 1. The van der Waals surface area contributed by atoms with Crippen molar-refractivity contribution in [1.82, 2.24) is 4.90 Å². The molecule has 0 atom stereocenters. The van der Waals surface area contributed by atoms with Crippen LogP contribution in [-0.4, -0.2) is 25.0 Å². The summed E-state index contributed by atoms with van der Waals surface area (Å²) in [4.78, 5) is 9.60. The van der Waals surface area contributed by atoms with Gasteiger partial charge in [-0.05, 0) is 49.6 Å². The van der Waals surface area contributed by atoms with E-state index in [2.05, 4.69) is 22.9 Å². The van der Waals surface area contributed by atoms with Gasteiger partial charge in [0.05, 0.1) is 11.0 Å². The second-order valence-electron chi connectivity index (χ2n) is 6.95. The fourth-order valence-corrected chi connectivity index (χ4v) is 4.18. The number of nitrogens with zero attached hydrogens (tertiary/aromatic N) is 3. The first kappa shape index (κ1) is 15.8. The first-order chi connectivity index (χ1) is 12.7. The van der Waals surface area contributed by atoms with Crippen molar-refractivity contribution in [3.8, 4) is 5.75 Å². The summed E-state index contributed by atoms with van der Waals surface area (Å²) in [5.41, 5.74) is 1.97. The molecule has 0 aromatic heterocycles. The lowest BCUT2D eigenvalue weighted by Crippen LogP contribution is -2.37. The Morgan fingerprint density at radius 2 is 1.85 bits per heavy atom. The molecule has 1 saturated heterocycles. The maximum absolute atomic E-state index is 6.39. The quantitative estimate of drug-likeness (QED) is 0.776. The van der Waals surface area contributed by atoms with Crippen molar-refractivity contribution in [3.05, 3.63) is 69.6 Å². The van der Waals surface area contributed by atoms with E-state index in [0.717, 1.165) is 52.4 Å². The Labute approximate surface area is 157 Å². The Hall–Kier alpha value is -2.46. The molecular formula is C21H20ClN3O. The van der Waals surface area contributed by atoms with E-state index in [9.17, 15) is 0 Å². The fraction of sp³-hybridized carbons (Fsp3) is 0.286. The molecule has 0 saturated carbocycles. The Kier molecular flexibility index (Phi) is 3.68. The van der Waals surface area contributed by atoms with Crippen LogP contribution < -0.4 is 20.2 Å². The van der Waals surface area contributed by atoms with Crippen molar-refractivity contribution < 1.29 is 4.74 Å². The highest BCUT2D eigenvalue weighted by Gasteiger charge is 2.31. The zero-order chi connectivity index (χ0) is 17.7. The zero-order valence-electron chi connectivity index (χ0n) is 14.7. The van der Waals surface area contributed by atoms with E-state index in [4.69, 9.17) is 21.3 Å². The van der Waals surface area contributed by atoms with Gasteiger partial charge in [0, 0.05) is 30.4 Å². The van der Waals surface area contributed by atoms with Gasteiger partial charge in [-0.3, -0.25) is 0 Å². The minimum Gasteiger partial charge on any atom is -0.452 e. The van der Waals surface area contributed by atoms with Gasteiger partial charge in [0.25, 0.3) is 0 Å². The number of piperidine rings is 1. The largest absolute Gasteiger partial charge is 0.452 e. The van der Waals surface area contributed by atoms with Crippen molar-refractivity contribution in [2.75, 3.05) is 25.0 Å². The highest BCUT2D eigenvalue weighted by molar-refractivity contribution is 6.30. The number of rotatable bonds is 1. The Morgan fingerprint density at radius 3 is 2.69 bits per heavy atom. The molecule has 0 bridgehead atoms. The third kappa shape index (κ3) is 2.40. The summed E-state index contributed by atoms with van der Waals surface area (Å²) in [7, 11) is 2.10. The summed E-state index contributed by atoms with van der Waals surface area (Å²) >= 11 is 6.20. The van der Waals surface area contributed by atoms with Crippen molar-refractivity contribution in [3.63, 3.8) is 0 Å². The molecule has 2 aromatic carbocycles. The van der Waals surface area contributed by atoms with Crippen molar-refractivity contribution in [1.29, 1.82) is 0 Å². The Bertz CT molecular complexity index is 1040. The second kappa shape index (κ2) is 6.06. The number of hydrogen-bond acceptors (Lipinski definition) is 4. The summed E-state index contributed by atoms with van der Waals surface area (Å²) in [6, 6.07) is 14.0. The third-order valence-corrected chi connectivity index (χ3v) is 5.51. The summed E-state index contributed by atoms with van der Waals surface area (Å²) in [5.74, 6) is 2.80. The van der Waals surface area contributed by atoms with Gasteiger partial charge in [-0.25, -0.2) is 4.99 Å². The van der Waals surface area contributed by atoms with Crippen LogP contribution in [0.15, 0.2) is 59.0 Å². The van der Waals surface area contributed by atoms with E-state index in [0.29, 0.717) is 5.02 Å². The lowest BCUT2D eigenvalue weighted by Gasteiger charge is -2.36. The molecule has 5 rings (SSSR count). The molecule has 5 heteroatoms. The van der Waals surface area contributed by atoms with E-state index < -0.39 is 0 Å². The molecule has 4 nitrogen and oxygen atoms in total. The van der Waals surface area contributed by atoms with E-state index >= 15 is 0 Å². The Morgan fingerprint density at radius 1 is 1.04 bits per heavy atom. The monoisotopic (exact) mass is 365 g/mol. The molecule has 0 N–H and O–H groups in total. The topological polar surface area (TPSA) is 28.1 Å². The smallest absolute Gasteiger partial charge is 0.166 e.